The molecular formula is C15H14FNO2. The van der Waals surface area contributed by atoms with Gasteiger partial charge in [0.05, 0.1) is 5.69 Å². The Hall–Kier alpha value is -2.36. The first-order chi connectivity index (χ1) is 9.08. The van der Waals surface area contributed by atoms with Crippen molar-refractivity contribution >= 4 is 11.7 Å². The molecule has 0 amide bonds. The molecule has 0 aliphatic carbocycles. The lowest BCUT2D eigenvalue weighted by Crippen LogP contribution is -2.08. The second kappa shape index (κ2) is 5.52. The molecule has 2 aromatic rings. The van der Waals surface area contributed by atoms with Crippen LogP contribution in [0.3, 0.4) is 0 Å². The number of benzene rings is 2. The number of aryl methyl sites for hydroxylation is 1. The molecule has 3 nitrogen and oxygen atoms in total. The molecule has 0 saturated carbocycles. The summed E-state index contributed by atoms with van der Waals surface area (Å²) < 4.78 is 13.5. The quantitative estimate of drug-likeness (QED) is 0.884. The standard InChI is InChI=1S/C15H14FNO2/c1-10-4-2-5-11(8-10)9-17-13-7-3-6-12(16)14(13)15(18)19/h2-8,17H,9H2,1H3,(H,18,19). The van der Waals surface area contributed by atoms with Gasteiger partial charge in [0.1, 0.15) is 11.4 Å². The molecule has 4 heteroatoms. The maximum absolute atomic E-state index is 13.5. The smallest absolute Gasteiger partial charge is 0.340 e. The molecule has 0 aliphatic heterocycles. The van der Waals surface area contributed by atoms with Crippen LogP contribution in [0.1, 0.15) is 21.5 Å². The normalized spacial score (nSPS) is 10.2. The average molecular weight is 259 g/mol. The van der Waals surface area contributed by atoms with Crippen LogP contribution in [0.4, 0.5) is 10.1 Å². The van der Waals surface area contributed by atoms with Gasteiger partial charge in [0.25, 0.3) is 0 Å². The average Bonchev–Trinajstić information content (AvgIpc) is 2.36. The number of aromatic carboxylic acids is 1. The van der Waals surface area contributed by atoms with Crippen LogP contribution in [0.2, 0.25) is 0 Å². The molecule has 0 bridgehead atoms. The minimum absolute atomic E-state index is 0.286. The highest BCUT2D eigenvalue weighted by Crippen LogP contribution is 2.19. The molecule has 0 fully saturated rings. The Morgan fingerprint density at radius 1 is 1.26 bits per heavy atom. The first-order valence-electron chi connectivity index (χ1n) is 5.89. The summed E-state index contributed by atoms with van der Waals surface area (Å²) in [5, 5.41) is 12.0. The first-order valence-corrected chi connectivity index (χ1v) is 5.89. The monoisotopic (exact) mass is 259 g/mol. The van der Waals surface area contributed by atoms with E-state index in [9.17, 15) is 9.18 Å². The van der Waals surface area contributed by atoms with Crippen molar-refractivity contribution < 1.29 is 14.3 Å². The molecule has 0 aliphatic rings. The second-order valence-corrected chi connectivity index (χ2v) is 4.31. The number of carboxylic acids is 1. The predicted molar refractivity (Wildman–Crippen MR) is 71.9 cm³/mol. The number of carboxylic acid groups (broad SMARTS) is 1. The summed E-state index contributed by atoms with van der Waals surface area (Å²) in [6, 6.07) is 12.0. The van der Waals surface area contributed by atoms with Crippen LogP contribution in [-0.4, -0.2) is 11.1 Å². The van der Waals surface area contributed by atoms with E-state index in [1.165, 1.54) is 6.07 Å². The van der Waals surface area contributed by atoms with Crippen molar-refractivity contribution in [3.8, 4) is 0 Å². The molecule has 2 N–H and O–H groups in total. The van der Waals surface area contributed by atoms with Gasteiger partial charge in [-0.3, -0.25) is 0 Å². The Bertz CT molecular complexity index is 611. The molecule has 2 aromatic carbocycles. The van der Waals surface area contributed by atoms with Gasteiger partial charge in [0, 0.05) is 6.54 Å². The fraction of sp³-hybridized carbons (Fsp3) is 0.133. The Kier molecular flexibility index (Phi) is 3.80. The number of hydrogen-bond acceptors (Lipinski definition) is 2. The molecule has 0 aromatic heterocycles. The van der Waals surface area contributed by atoms with Crippen molar-refractivity contribution in [2.45, 2.75) is 13.5 Å². The summed E-state index contributed by atoms with van der Waals surface area (Å²) in [5.74, 6) is -2.01. The topological polar surface area (TPSA) is 49.3 Å². The van der Waals surface area contributed by atoms with Crippen LogP contribution < -0.4 is 5.32 Å². The van der Waals surface area contributed by atoms with Crippen molar-refractivity contribution in [2.24, 2.45) is 0 Å². The van der Waals surface area contributed by atoms with Crippen LogP contribution in [0.5, 0.6) is 0 Å². The number of anilines is 1. The fourth-order valence-corrected chi connectivity index (χ4v) is 1.91. The van der Waals surface area contributed by atoms with E-state index in [1.54, 1.807) is 6.07 Å². The summed E-state index contributed by atoms with van der Waals surface area (Å²) in [5.41, 5.74) is 2.10. The summed E-state index contributed by atoms with van der Waals surface area (Å²) in [6.45, 7) is 2.43. The Labute approximate surface area is 110 Å². The molecule has 98 valence electrons. The van der Waals surface area contributed by atoms with E-state index in [2.05, 4.69) is 5.32 Å². The molecular weight excluding hydrogens is 245 g/mol. The largest absolute Gasteiger partial charge is 0.478 e. The third-order valence-electron chi connectivity index (χ3n) is 2.79. The minimum Gasteiger partial charge on any atom is -0.478 e. The zero-order valence-corrected chi connectivity index (χ0v) is 10.5. The Morgan fingerprint density at radius 3 is 2.68 bits per heavy atom. The number of halogens is 1. The van der Waals surface area contributed by atoms with Crippen LogP contribution in [-0.2, 0) is 6.54 Å². The third-order valence-corrected chi connectivity index (χ3v) is 2.79. The number of carbonyl (C=O) groups is 1. The molecule has 2 rings (SSSR count). The van der Waals surface area contributed by atoms with Crippen LogP contribution in [0.25, 0.3) is 0 Å². The van der Waals surface area contributed by atoms with Crippen LogP contribution in [0.15, 0.2) is 42.5 Å². The predicted octanol–water partition coefficient (Wildman–Crippen LogP) is 3.44. The Balaban J connectivity index is 2.20. The highest BCUT2D eigenvalue weighted by atomic mass is 19.1. The van der Waals surface area contributed by atoms with E-state index in [-0.39, 0.29) is 11.3 Å². The van der Waals surface area contributed by atoms with Gasteiger partial charge < -0.3 is 10.4 Å². The summed E-state index contributed by atoms with van der Waals surface area (Å²) in [7, 11) is 0. The van der Waals surface area contributed by atoms with E-state index < -0.39 is 11.8 Å². The summed E-state index contributed by atoms with van der Waals surface area (Å²) >= 11 is 0. The molecule has 0 atom stereocenters. The van der Waals surface area contributed by atoms with Crippen LogP contribution in [0, 0.1) is 12.7 Å². The van der Waals surface area contributed by atoms with Crippen molar-refractivity contribution in [1.82, 2.24) is 0 Å². The number of rotatable bonds is 4. The summed E-state index contributed by atoms with van der Waals surface area (Å²) in [6.07, 6.45) is 0. The van der Waals surface area contributed by atoms with Gasteiger partial charge in [-0.1, -0.05) is 35.9 Å². The van der Waals surface area contributed by atoms with E-state index in [0.29, 0.717) is 6.54 Å². The van der Waals surface area contributed by atoms with Crippen molar-refractivity contribution in [3.05, 3.63) is 65.0 Å². The molecule has 19 heavy (non-hydrogen) atoms. The van der Waals surface area contributed by atoms with Gasteiger partial charge >= 0.3 is 5.97 Å². The zero-order chi connectivity index (χ0) is 13.8. The lowest BCUT2D eigenvalue weighted by atomic mass is 10.1. The lowest BCUT2D eigenvalue weighted by Gasteiger charge is -2.10. The van der Waals surface area contributed by atoms with Gasteiger partial charge in [0.2, 0.25) is 0 Å². The van der Waals surface area contributed by atoms with Crippen molar-refractivity contribution in [1.29, 1.82) is 0 Å². The van der Waals surface area contributed by atoms with Crippen LogP contribution >= 0.6 is 0 Å². The second-order valence-electron chi connectivity index (χ2n) is 4.31. The molecule has 0 spiro atoms. The Morgan fingerprint density at radius 2 is 2.00 bits per heavy atom. The highest BCUT2D eigenvalue weighted by molar-refractivity contribution is 5.94. The van der Waals surface area contributed by atoms with E-state index in [1.807, 2.05) is 31.2 Å². The SMILES string of the molecule is Cc1cccc(CNc2cccc(F)c2C(=O)O)c1. The van der Waals surface area contributed by atoms with E-state index in [0.717, 1.165) is 17.2 Å². The summed E-state index contributed by atoms with van der Waals surface area (Å²) in [4.78, 5) is 11.0. The van der Waals surface area contributed by atoms with E-state index in [4.69, 9.17) is 5.11 Å². The molecule has 0 radical (unpaired) electrons. The van der Waals surface area contributed by atoms with Crippen molar-refractivity contribution in [2.75, 3.05) is 5.32 Å². The number of hydrogen-bond donors (Lipinski definition) is 2. The van der Waals surface area contributed by atoms with Gasteiger partial charge in [-0.2, -0.15) is 0 Å². The first kappa shape index (κ1) is 13.1. The maximum atomic E-state index is 13.5. The minimum atomic E-state index is -1.27. The van der Waals surface area contributed by atoms with Gasteiger partial charge in [-0.05, 0) is 24.6 Å². The van der Waals surface area contributed by atoms with Crippen molar-refractivity contribution in [3.63, 3.8) is 0 Å². The van der Waals surface area contributed by atoms with Gasteiger partial charge in [-0.15, -0.1) is 0 Å². The molecule has 0 heterocycles. The lowest BCUT2D eigenvalue weighted by molar-refractivity contribution is 0.0693. The van der Waals surface area contributed by atoms with E-state index >= 15 is 0 Å². The molecule has 0 saturated heterocycles. The van der Waals surface area contributed by atoms with Gasteiger partial charge in [0.15, 0.2) is 0 Å². The fourth-order valence-electron chi connectivity index (χ4n) is 1.91. The third kappa shape index (κ3) is 3.10. The highest BCUT2D eigenvalue weighted by Gasteiger charge is 2.15. The molecule has 0 unspecified atom stereocenters. The van der Waals surface area contributed by atoms with Gasteiger partial charge in [-0.25, -0.2) is 9.18 Å². The maximum Gasteiger partial charge on any atom is 0.340 e. The number of nitrogens with one attached hydrogen (secondary N) is 1. The zero-order valence-electron chi connectivity index (χ0n) is 10.5.